The van der Waals surface area contributed by atoms with E-state index in [2.05, 4.69) is 5.32 Å². The Balaban J connectivity index is 1.98. The van der Waals surface area contributed by atoms with Crippen molar-refractivity contribution >= 4 is 17.8 Å². The van der Waals surface area contributed by atoms with E-state index < -0.39 is 48.0 Å². The zero-order chi connectivity index (χ0) is 21.8. The van der Waals surface area contributed by atoms with E-state index in [9.17, 15) is 29.0 Å². The zero-order valence-corrected chi connectivity index (χ0v) is 16.3. The van der Waals surface area contributed by atoms with Crippen molar-refractivity contribution in [2.45, 2.75) is 51.0 Å². The third kappa shape index (κ3) is 4.38. The lowest BCUT2D eigenvalue weighted by Gasteiger charge is -2.45. The molecule has 1 unspecified atom stereocenters. The molecule has 9 nitrogen and oxygen atoms in total. The second-order valence-electron chi connectivity index (χ2n) is 7.35. The van der Waals surface area contributed by atoms with Crippen molar-refractivity contribution in [1.29, 1.82) is 0 Å². The highest BCUT2D eigenvalue weighted by molar-refractivity contribution is 6.19. The number of aliphatic hydroxyl groups is 2. The number of halogens is 1. The van der Waals surface area contributed by atoms with E-state index in [-0.39, 0.29) is 18.2 Å². The lowest BCUT2D eigenvalue weighted by atomic mass is 9.93. The number of aliphatic carboxylic acids is 1. The molecule has 0 aromatic heterocycles. The van der Waals surface area contributed by atoms with Crippen LogP contribution in [0.4, 0.5) is 4.39 Å². The van der Waals surface area contributed by atoms with Crippen LogP contribution in [0.2, 0.25) is 0 Å². The van der Waals surface area contributed by atoms with Crippen LogP contribution in [-0.2, 0) is 20.9 Å². The Hall–Kier alpha value is -3.14. The Morgan fingerprint density at radius 2 is 1.83 bits per heavy atom. The fourth-order valence-electron chi connectivity index (χ4n) is 3.86. The lowest BCUT2D eigenvalue weighted by molar-refractivity contribution is -0.173. The Morgan fingerprint density at radius 3 is 2.47 bits per heavy atom. The average Bonchev–Trinajstić information content (AvgIpc) is 2.71. The Labute approximate surface area is 172 Å². The number of carbonyl (C=O) groups excluding carboxylic acids is 2. The van der Waals surface area contributed by atoms with E-state index in [1.165, 1.54) is 23.1 Å². The van der Waals surface area contributed by atoms with Crippen molar-refractivity contribution < 1.29 is 34.1 Å². The molecule has 1 atom stereocenters. The first-order valence-corrected chi connectivity index (χ1v) is 9.75. The van der Waals surface area contributed by atoms with Crippen molar-refractivity contribution in [2.75, 3.05) is 6.54 Å². The van der Waals surface area contributed by atoms with Gasteiger partial charge >= 0.3 is 5.97 Å². The summed E-state index contributed by atoms with van der Waals surface area (Å²) < 4.78 is 14.2. The molecule has 2 aliphatic rings. The smallest absolute Gasteiger partial charge is 0.322 e. The number of amides is 2. The summed E-state index contributed by atoms with van der Waals surface area (Å²) in [6.45, 7) is -1.08. The van der Waals surface area contributed by atoms with Crippen LogP contribution in [0, 0.1) is 5.82 Å². The monoisotopic (exact) mass is 421 g/mol. The predicted octanol–water partition coefficient (Wildman–Crippen LogP) is 1.05. The molecular weight excluding hydrogens is 397 g/mol. The SMILES string of the molecule is O=C(O)CNC(=O)C1=C(O)N(C2CCCCC2)C(O)N(Cc2ccccc2F)C1=O. The molecule has 1 aromatic rings. The number of rotatable bonds is 6. The molecule has 1 aliphatic heterocycles. The number of carbonyl (C=O) groups is 3. The molecule has 30 heavy (non-hydrogen) atoms. The molecule has 0 bridgehead atoms. The van der Waals surface area contributed by atoms with Crippen LogP contribution in [0.1, 0.15) is 37.7 Å². The molecule has 4 N–H and O–H groups in total. The number of hydrogen-bond acceptors (Lipinski definition) is 6. The van der Waals surface area contributed by atoms with Gasteiger partial charge in [-0.3, -0.25) is 24.2 Å². The average molecular weight is 421 g/mol. The molecule has 1 saturated carbocycles. The van der Waals surface area contributed by atoms with Gasteiger partial charge in [-0.15, -0.1) is 0 Å². The lowest BCUT2D eigenvalue weighted by Crippen LogP contribution is -2.59. The summed E-state index contributed by atoms with van der Waals surface area (Å²) in [5.74, 6) is -4.70. The number of aliphatic hydroxyl groups excluding tert-OH is 2. The normalized spacial score (nSPS) is 20.5. The van der Waals surface area contributed by atoms with Gasteiger partial charge in [-0.05, 0) is 18.9 Å². The fraction of sp³-hybridized carbons (Fsp3) is 0.450. The molecule has 3 rings (SSSR count). The van der Waals surface area contributed by atoms with Crippen LogP contribution in [0.5, 0.6) is 0 Å². The maximum Gasteiger partial charge on any atom is 0.322 e. The number of benzene rings is 1. The standard InChI is InChI=1S/C20H24FN3O6/c21-14-9-5-4-6-12(14)11-23-18(28)16(17(27)22-10-15(25)26)19(29)24(20(23)30)13-7-2-1-3-8-13/h4-6,9,13,20,29-30H,1-3,7-8,10-11H2,(H,22,27)(H,25,26). The second kappa shape index (κ2) is 9.12. The second-order valence-corrected chi connectivity index (χ2v) is 7.35. The molecule has 1 aliphatic carbocycles. The van der Waals surface area contributed by atoms with Crippen molar-refractivity contribution in [3.63, 3.8) is 0 Å². The van der Waals surface area contributed by atoms with E-state index in [0.29, 0.717) is 12.8 Å². The summed E-state index contributed by atoms with van der Waals surface area (Å²) >= 11 is 0. The van der Waals surface area contributed by atoms with E-state index in [4.69, 9.17) is 5.11 Å². The van der Waals surface area contributed by atoms with Gasteiger partial charge in [0.25, 0.3) is 11.8 Å². The largest absolute Gasteiger partial charge is 0.494 e. The van der Waals surface area contributed by atoms with E-state index in [1.807, 2.05) is 0 Å². The molecule has 0 radical (unpaired) electrons. The van der Waals surface area contributed by atoms with Gasteiger partial charge in [0.2, 0.25) is 12.2 Å². The highest BCUT2D eigenvalue weighted by Crippen LogP contribution is 2.32. The van der Waals surface area contributed by atoms with Crippen LogP contribution in [0.15, 0.2) is 35.7 Å². The van der Waals surface area contributed by atoms with Gasteiger partial charge in [0.15, 0.2) is 5.57 Å². The van der Waals surface area contributed by atoms with Crippen LogP contribution >= 0.6 is 0 Å². The van der Waals surface area contributed by atoms with Gasteiger partial charge in [-0.25, -0.2) is 4.39 Å². The Bertz CT molecular complexity index is 868. The minimum absolute atomic E-state index is 0.125. The van der Waals surface area contributed by atoms with Crippen LogP contribution in [0.3, 0.4) is 0 Å². The van der Waals surface area contributed by atoms with Crippen molar-refractivity contribution in [1.82, 2.24) is 15.1 Å². The Morgan fingerprint density at radius 1 is 1.17 bits per heavy atom. The first kappa shape index (κ1) is 21.6. The first-order valence-electron chi connectivity index (χ1n) is 9.75. The third-order valence-corrected chi connectivity index (χ3v) is 5.36. The van der Waals surface area contributed by atoms with E-state index in [0.717, 1.165) is 24.2 Å². The molecule has 10 heteroatoms. The Kier molecular flexibility index (Phi) is 6.56. The summed E-state index contributed by atoms with van der Waals surface area (Å²) in [5, 5.41) is 32.4. The van der Waals surface area contributed by atoms with Gasteiger partial charge in [-0.2, -0.15) is 0 Å². The van der Waals surface area contributed by atoms with Crippen LogP contribution in [0.25, 0.3) is 0 Å². The predicted molar refractivity (Wildman–Crippen MR) is 102 cm³/mol. The van der Waals surface area contributed by atoms with Crippen molar-refractivity contribution in [2.24, 2.45) is 0 Å². The molecular formula is C20H24FN3O6. The minimum Gasteiger partial charge on any atom is -0.494 e. The molecule has 162 valence electrons. The minimum atomic E-state index is -1.60. The molecule has 0 saturated heterocycles. The quantitative estimate of drug-likeness (QED) is 0.505. The van der Waals surface area contributed by atoms with Gasteiger partial charge in [0.05, 0.1) is 6.54 Å². The van der Waals surface area contributed by atoms with Crippen LogP contribution in [-0.4, -0.2) is 61.8 Å². The number of hydrogen-bond donors (Lipinski definition) is 4. The number of carboxylic acids is 1. The van der Waals surface area contributed by atoms with E-state index >= 15 is 0 Å². The molecule has 1 aromatic carbocycles. The number of nitrogens with zero attached hydrogens (tertiary/aromatic N) is 2. The van der Waals surface area contributed by atoms with Gasteiger partial charge in [-0.1, -0.05) is 37.5 Å². The molecule has 1 fully saturated rings. The first-order chi connectivity index (χ1) is 14.3. The fourth-order valence-corrected chi connectivity index (χ4v) is 3.86. The molecule has 0 spiro atoms. The van der Waals surface area contributed by atoms with Crippen molar-refractivity contribution in [3.05, 3.63) is 47.1 Å². The van der Waals surface area contributed by atoms with E-state index in [1.54, 1.807) is 6.07 Å². The van der Waals surface area contributed by atoms with Crippen molar-refractivity contribution in [3.8, 4) is 0 Å². The topological polar surface area (TPSA) is 130 Å². The summed E-state index contributed by atoms with van der Waals surface area (Å²) in [4.78, 5) is 38.3. The summed E-state index contributed by atoms with van der Waals surface area (Å²) in [7, 11) is 0. The maximum atomic E-state index is 14.2. The van der Waals surface area contributed by atoms with Gasteiger partial charge < -0.3 is 20.6 Å². The number of nitrogens with one attached hydrogen (secondary N) is 1. The zero-order valence-electron chi connectivity index (χ0n) is 16.3. The molecule has 2 amide bonds. The van der Waals surface area contributed by atoms with Gasteiger partial charge in [0.1, 0.15) is 12.4 Å². The third-order valence-electron chi connectivity index (χ3n) is 5.36. The highest BCUT2D eigenvalue weighted by Gasteiger charge is 2.44. The summed E-state index contributed by atoms with van der Waals surface area (Å²) in [6.07, 6.45) is 2.36. The maximum absolute atomic E-state index is 14.2. The number of carboxylic acid groups (broad SMARTS) is 1. The highest BCUT2D eigenvalue weighted by atomic mass is 19.1. The molecule has 1 heterocycles. The van der Waals surface area contributed by atoms with Crippen LogP contribution < -0.4 is 5.32 Å². The summed E-state index contributed by atoms with van der Waals surface area (Å²) in [6, 6.07) is 5.39. The van der Waals surface area contributed by atoms with Gasteiger partial charge in [0, 0.05) is 11.6 Å². The summed E-state index contributed by atoms with van der Waals surface area (Å²) in [5.41, 5.74) is -0.552.